The van der Waals surface area contributed by atoms with Gasteiger partial charge in [0.25, 0.3) is 0 Å². The number of hydrogen-bond acceptors (Lipinski definition) is 3. The second kappa shape index (κ2) is 6.83. The molecule has 0 aliphatic rings. The van der Waals surface area contributed by atoms with E-state index < -0.39 is 0 Å². The summed E-state index contributed by atoms with van der Waals surface area (Å²) in [4.78, 5) is 10.3. The third-order valence-corrected chi connectivity index (χ3v) is 3.08. The normalized spacial score (nSPS) is 10.6. The van der Waals surface area contributed by atoms with Crippen molar-refractivity contribution in [3.63, 3.8) is 0 Å². The molecule has 0 atom stereocenters. The summed E-state index contributed by atoms with van der Waals surface area (Å²) in [6.45, 7) is 2.79. The highest BCUT2D eigenvalue weighted by atomic mass is 16.1. The minimum atomic E-state index is 0.471. The van der Waals surface area contributed by atoms with Crippen LogP contribution in [0.5, 0.6) is 0 Å². The van der Waals surface area contributed by atoms with Gasteiger partial charge in [-0.15, -0.1) is 5.10 Å². The van der Waals surface area contributed by atoms with Crippen LogP contribution < -0.4 is 0 Å². The van der Waals surface area contributed by atoms with E-state index in [9.17, 15) is 4.79 Å². The minimum absolute atomic E-state index is 0.471. The Balaban J connectivity index is 2.04. The van der Waals surface area contributed by atoms with E-state index in [-0.39, 0.29) is 0 Å². The van der Waals surface area contributed by atoms with E-state index in [0.29, 0.717) is 13.0 Å². The summed E-state index contributed by atoms with van der Waals surface area (Å²) in [5.41, 5.74) is 3.28. The molecule has 2 aromatic rings. The lowest BCUT2D eigenvalue weighted by Crippen LogP contribution is -1.98. The van der Waals surface area contributed by atoms with Crippen LogP contribution in [0.25, 0.3) is 11.3 Å². The summed E-state index contributed by atoms with van der Waals surface area (Å²) in [7, 11) is 0. The van der Waals surface area contributed by atoms with Crippen molar-refractivity contribution in [1.82, 2.24) is 15.0 Å². The number of unbranched alkanes of at least 4 members (excludes halogenated alkanes) is 1. The fourth-order valence-corrected chi connectivity index (χ4v) is 1.95. The van der Waals surface area contributed by atoms with Crippen LogP contribution in [0.15, 0.2) is 30.5 Å². The Morgan fingerprint density at radius 1 is 1.26 bits per heavy atom. The van der Waals surface area contributed by atoms with E-state index >= 15 is 0 Å². The van der Waals surface area contributed by atoms with Crippen LogP contribution in [0.3, 0.4) is 0 Å². The maximum Gasteiger partial charge on any atom is 0.121 e. The van der Waals surface area contributed by atoms with Gasteiger partial charge in [-0.3, -0.25) is 4.68 Å². The van der Waals surface area contributed by atoms with Crippen LogP contribution in [0.2, 0.25) is 0 Å². The number of carbonyl (C=O) groups excluding carboxylic acids is 1. The Hall–Kier alpha value is -1.97. The van der Waals surface area contributed by atoms with Gasteiger partial charge in [0, 0.05) is 18.5 Å². The van der Waals surface area contributed by atoms with Crippen LogP contribution in [0.1, 0.15) is 31.7 Å². The van der Waals surface area contributed by atoms with Gasteiger partial charge in [0.05, 0.1) is 6.20 Å². The average molecular weight is 257 g/mol. The standard InChI is InChI=1S/C15H19N3O/c1-2-3-5-13-6-8-14(9-7-13)15-12-18(17-16-15)10-4-11-19/h6-9,11-12H,2-5,10H2,1H3. The number of benzene rings is 1. The predicted molar refractivity (Wildman–Crippen MR) is 74.8 cm³/mol. The van der Waals surface area contributed by atoms with Gasteiger partial charge in [-0.05, 0) is 18.4 Å². The molecular formula is C15H19N3O. The maximum atomic E-state index is 10.3. The van der Waals surface area contributed by atoms with Crippen molar-refractivity contribution >= 4 is 6.29 Å². The SMILES string of the molecule is CCCCc1ccc(-c2cn(CCC=O)nn2)cc1. The molecule has 0 N–H and O–H groups in total. The van der Waals surface area contributed by atoms with Gasteiger partial charge in [-0.25, -0.2) is 0 Å². The van der Waals surface area contributed by atoms with E-state index in [1.165, 1.54) is 18.4 Å². The van der Waals surface area contributed by atoms with Crippen molar-refractivity contribution in [1.29, 1.82) is 0 Å². The topological polar surface area (TPSA) is 47.8 Å². The van der Waals surface area contributed by atoms with Crippen molar-refractivity contribution < 1.29 is 4.79 Å². The third kappa shape index (κ3) is 3.74. The molecule has 0 amide bonds. The molecule has 0 saturated carbocycles. The maximum absolute atomic E-state index is 10.3. The lowest BCUT2D eigenvalue weighted by molar-refractivity contribution is -0.108. The quantitative estimate of drug-likeness (QED) is 0.716. The smallest absolute Gasteiger partial charge is 0.121 e. The van der Waals surface area contributed by atoms with Gasteiger partial charge in [0.2, 0.25) is 0 Å². The predicted octanol–water partition coefficient (Wildman–Crippen LogP) is 2.88. The molecule has 0 aliphatic carbocycles. The second-order valence-corrected chi connectivity index (χ2v) is 4.62. The first-order valence-corrected chi connectivity index (χ1v) is 6.76. The zero-order valence-corrected chi connectivity index (χ0v) is 11.2. The van der Waals surface area contributed by atoms with Gasteiger partial charge in [-0.2, -0.15) is 0 Å². The highest BCUT2D eigenvalue weighted by molar-refractivity contribution is 5.58. The molecule has 0 unspecified atom stereocenters. The Kier molecular flexibility index (Phi) is 4.84. The van der Waals surface area contributed by atoms with E-state index in [4.69, 9.17) is 0 Å². The molecule has 0 radical (unpaired) electrons. The molecule has 0 spiro atoms. The number of carbonyl (C=O) groups is 1. The lowest BCUT2D eigenvalue weighted by atomic mass is 10.1. The first-order valence-electron chi connectivity index (χ1n) is 6.76. The fourth-order valence-electron chi connectivity index (χ4n) is 1.95. The van der Waals surface area contributed by atoms with E-state index in [1.807, 2.05) is 6.20 Å². The largest absolute Gasteiger partial charge is 0.303 e. The Bertz CT molecular complexity index is 516. The monoisotopic (exact) mass is 257 g/mol. The average Bonchev–Trinajstić information content (AvgIpc) is 2.92. The number of aldehydes is 1. The number of nitrogens with zero attached hydrogens (tertiary/aromatic N) is 3. The van der Waals surface area contributed by atoms with Gasteiger partial charge >= 0.3 is 0 Å². The summed E-state index contributed by atoms with van der Waals surface area (Å²) in [5, 5.41) is 8.14. The first kappa shape index (κ1) is 13.5. The summed E-state index contributed by atoms with van der Waals surface area (Å²) in [6, 6.07) is 8.46. The van der Waals surface area contributed by atoms with E-state index in [1.54, 1.807) is 4.68 Å². The molecule has 1 aromatic heterocycles. The molecule has 0 saturated heterocycles. The first-order chi connectivity index (χ1) is 9.33. The number of aromatic nitrogens is 3. The zero-order chi connectivity index (χ0) is 13.5. The lowest BCUT2D eigenvalue weighted by Gasteiger charge is -2.01. The highest BCUT2D eigenvalue weighted by Crippen LogP contribution is 2.17. The number of rotatable bonds is 7. The van der Waals surface area contributed by atoms with Gasteiger partial charge < -0.3 is 4.79 Å². The molecule has 0 aliphatic heterocycles. The van der Waals surface area contributed by atoms with E-state index in [2.05, 4.69) is 41.5 Å². The second-order valence-electron chi connectivity index (χ2n) is 4.62. The number of aryl methyl sites for hydroxylation is 2. The molecule has 2 rings (SSSR count). The van der Waals surface area contributed by atoms with E-state index in [0.717, 1.165) is 24.0 Å². The highest BCUT2D eigenvalue weighted by Gasteiger charge is 2.03. The van der Waals surface area contributed by atoms with Crippen LogP contribution in [-0.2, 0) is 17.8 Å². The molecule has 1 aromatic carbocycles. The van der Waals surface area contributed by atoms with Crippen molar-refractivity contribution in [2.45, 2.75) is 39.2 Å². The molecule has 1 heterocycles. The van der Waals surface area contributed by atoms with Crippen molar-refractivity contribution in [2.75, 3.05) is 0 Å². The summed E-state index contributed by atoms with van der Waals surface area (Å²) in [6.07, 6.45) is 6.81. The molecular weight excluding hydrogens is 238 g/mol. The van der Waals surface area contributed by atoms with Gasteiger partial charge in [0.15, 0.2) is 0 Å². The van der Waals surface area contributed by atoms with Crippen molar-refractivity contribution in [3.05, 3.63) is 36.0 Å². The van der Waals surface area contributed by atoms with Crippen LogP contribution in [0, 0.1) is 0 Å². The van der Waals surface area contributed by atoms with Crippen molar-refractivity contribution in [3.8, 4) is 11.3 Å². The summed E-state index contributed by atoms with van der Waals surface area (Å²) >= 11 is 0. The molecule has 100 valence electrons. The van der Waals surface area contributed by atoms with Gasteiger partial charge in [-0.1, -0.05) is 42.8 Å². The molecule has 19 heavy (non-hydrogen) atoms. The Labute approximate surface area is 113 Å². The van der Waals surface area contributed by atoms with Gasteiger partial charge in [0.1, 0.15) is 12.0 Å². The van der Waals surface area contributed by atoms with Crippen molar-refractivity contribution in [2.24, 2.45) is 0 Å². The Morgan fingerprint density at radius 3 is 2.74 bits per heavy atom. The molecule has 4 heteroatoms. The Morgan fingerprint density at radius 2 is 2.05 bits per heavy atom. The fraction of sp³-hybridized carbons (Fsp3) is 0.400. The van der Waals surface area contributed by atoms with Crippen LogP contribution >= 0.6 is 0 Å². The third-order valence-electron chi connectivity index (χ3n) is 3.08. The zero-order valence-electron chi connectivity index (χ0n) is 11.2. The summed E-state index contributed by atoms with van der Waals surface area (Å²) in [5.74, 6) is 0. The summed E-state index contributed by atoms with van der Waals surface area (Å²) < 4.78 is 1.70. The van der Waals surface area contributed by atoms with Crippen LogP contribution in [-0.4, -0.2) is 21.3 Å². The minimum Gasteiger partial charge on any atom is -0.303 e. The molecule has 0 bridgehead atoms. The molecule has 0 fully saturated rings. The number of hydrogen-bond donors (Lipinski definition) is 0. The molecule has 4 nitrogen and oxygen atoms in total. The van der Waals surface area contributed by atoms with Crippen LogP contribution in [0.4, 0.5) is 0 Å².